The normalized spacial score (nSPS) is 25.1. The number of carbonyl (C=O) groups excluding carboxylic acids is 1. The third-order valence-electron chi connectivity index (χ3n) is 6.39. The number of benzene rings is 1. The van der Waals surface area contributed by atoms with Gasteiger partial charge in [0.05, 0.1) is 11.8 Å². The molecule has 1 heterocycles. The Morgan fingerprint density at radius 2 is 1.55 bits per heavy atom. The van der Waals surface area contributed by atoms with E-state index in [0.29, 0.717) is 5.69 Å². The average Bonchev–Trinajstić information content (AvgIpc) is 3.27. The summed E-state index contributed by atoms with van der Waals surface area (Å²) in [4.78, 5) is 29.0. The zero-order valence-electron chi connectivity index (χ0n) is 16.8. The van der Waals surface area contributed by atoms with Crippen LogP contribution in [0, 0.1) is 23.7 Å². The minimum atomic E-state index is -0.858. The molecule has 0 aliphatic heterocycles. The SMILES string of the molecule is CC(C)=C1[C@H]2CC[C@H]1[C@H](C(=O)Nc1ccc(Cc3ccncc3)cc1)[C@H]2C(=O)O. The van der Waals surface area contributed by atoms with Crippen molar-refractivity contribution in [3.05, 3.63) is 71.1 Å². The fourth-order valence-electron chi connectivity index (χ4n) is 5.27. The van der Waals surface area contributed by atoms with Crippen LogP contribution in [0.15, 0.2) is 59.9 Å². The minimum absolute atomic E-state index is 0.000915. The van der Waals surface area contributed by atoms with Crippen molar-refractivity contribution in [2.45, 2.75) is 33.1 Å². The van der Waals surface area contributed by atoms with Crippen molar-refractivity contribution >= 4 is 17.6 Å². The lowest BCUT2D eigenvalue weighted by atomic mass is 9.78. The Hall–Kier alpha value is -2.95. The fourth-order valence-corrected chi connectivity index (χ4v) is 5.27. The number of amides is 1. The summed E-state index contributed by atoms with van der Waals surface area (Å²) < 4.78 is 0. The van der Waals surface area contributed by atoms with Gasteiger partial charge in [0.2, 0.25) is 5.91 Å². The topological polar surface area (TPSA) is 79.3 Å². The molecular weight excluding hydrogens is 364 g/mol. The largest absolute Gasteiger partial charge is 0.481 e. The molecule has 5 heteroatoms. The second kappa shape index (κ2) is 7.82. The van der Waals surface area contributed by atoms with E-state index in [2.05, 4.69) is 10.3 Å². The summed E-state index contributed by atoms with van der Waals surface area (Å²) in [6.45, 7) is 4.06. The van der Waals surface area contributed by atoms with Gasteiger partial charge in [0.25, 0.3) is 0 Å². The zero-order valence-corrected chi connectivity index (χ0v) is 16.8. The number of hydrogen-bond acceptors (Lipinski definition) is 3. The van der Waals surface area contributed by atoms with Crippen LogP contribution in [0.25, 0.3) is 0 Å². The highest BCUT2D eigenvalue weighted by molar-refractivity contribution is 5.96. The molecule has 150 valence electrons. The number of anilines is 1. The first-order chi connectivity index (χ1) is 14.0. The molecule has 29 heavy (non-hydrogen) atoms. The summed E-state index contributed by atoms with van der Waals surface area (Å²) >= 11 is 0. The number of pyridine rings is 1. The molecule has 4 atom stereocenters. The van der Waals surface area contributed by atoms with Crippen molar-refractivity contribution in [3.8, 4) is 0 Å². The predicted octanol–water partition coefficient (Wildman–Crippen LogP) is 4.30. The fraction of sp³-hybridized carbons (Fsp3) is 0.375. The van der Waals surface area contributed by atoms with Crippen LogP contribution in [0.5, 0.6) is 0 Å². The van der Waals surface area contributed by atoms with E-state index in [4.69, 9.17) is 0 Å². The Bertz CT molecular complexity index is 946. The second-order valence-electron chi connectivity index (χ2n) is 8.35. The lowest BCUT2D eigenvalue weighted by molar-refractivity contribution is -0.148. The molecular formula is C24H26N2O3. The lowest BCUT2D eigenvalue weighted by Gasteiger charge is -2.26. The molecule has 1 amide bonds. The van der Waals surface area contributed by atoms with E-state index >= 15 is 0 Å². The number of carbonyl (C=O) groups is 2. The van der Waals surface area contributed by atoms with Gasteiger partial charge in [-0.1, -0.05) is 23.3 Å². The molecule has 0 saturated heterocycles. The maximum atomic E-state index is 13.1. The Balaban J connectivity index is 1.49. The first kappa shape index (κ1) is 19.4. The Kier molecular flexibility index (Phi) is 5.22. The van der Waals surface area contributed by atoms with Gasteiger partial charge in [-0.2, -0.15) is 0 Å². The van der Waals surface area contributed by atoms with Gasteiger partial charge in [-0.25, -0.2) is 0 Å². The molecule has 1 aromatic heterocycles. The first-order valence-corrected chi connectivity index (χ1v) is 10.1. The van der Waals surface area contributed by atoms with E-state index in [-0.39, 0.29) is 17.7 Å². The smallest absolute Gasteiger partial charge is 0.307 e. The van der Waals surface area contributed by atoms with Gasteiger partial charge in [-0.15, -0.1) is 0 Å². The number of fused-ring (bicyclic) bond motifs is 2. The number of allylic oxidation sites excluding steroid dienone is 2. The van der Waals surface area contributed by atoms with E-state index in [1.165, 1.54) is 16.7 Å². The maximum absolute atomic E-state index is 13.1. The number of nitrogens with one attached hydrogen (secondary N) is 1. The number of aliphatic carboxylic acids is 1. The van der Waals surface area contributed by atoms with Crippen molar-refractivity contribution < 1.29 is 14.7 Å². The van der Waals surface area contributed by atoms with Gasteiger partial charge in [0.1, 0.15) is 0 Å². The Morgan fingerprint density at radius 1 is 0.966 bits per heavy atom. The molecule has 2 aliphatic rings. The number of nitrogens with zero attached hydrogens (tertiary/aromatic N) is 1. The number of hydrogen-bond donors (Lipinski definition) is 2. The first-order valence-electron chi connectivity index (χ1n) is 10.1. The standard InChI is InChI=1S/C24H26N2O3/c1-14(2)20-18-7-8-19(20)22(24(28)29)21(18)23(27)26-17-5-3-15(4-6-17)13-16-9-11-25-12-10-16/h3-6,9-12,18-19,21-22H,7-8,13H2,1-2H3,(H,26,27)(H,28,29)/t18-,19-,21+,22+/m1/s1. The van der Waals surface area contributed by atoms with E-state index in [0.717, 1.165) is 24.8 Å². The van der Waals surface area contributed by atoms with Crippen LogP contribution in [-0.2, 0) is 16.0 Å². The van der Waals surface area contributed by atoms with Crippen molar-refractivity contribution in [3.63, 3.8) is 0 Å². The quantitative estimate of drug-likeness (QED) is 0.746. The highest BCUT2D eigenvalue weighted by atomic mass is 16.4. The van der Waals surface area contributed by atoms with Crippen LogP contribution < -0.4 is 5.32 Å². The highest BCUT2D eigenvalue weighted by Crippen LogP contribution is 2.57. The third kappa shape index (κ3) is 3.69. The summed E-state index contributed by atoms with van der Waals surface area (Å²) in [6.07, 6.45) is 6.12. The van der Waals surface area contributed by atoms with E-state index in [1.54, 1.807) is 12.4 Å². The van der Waals surface area contributed by atoms with Crippen molar-refractivity contribution in [1.29, 1.82) is 0 Å². The van der Waals surface area contributed by atoms with Gasteiger partial charge < -0.3 is 10.4 Å². The van der Waals surface area contributed by atoms with Crippen molar-refractivity contribution in [2.75, 3.05) is 5.32 Å². The van der Waals surface area contributed by atoms with Crippen LogP contribution >= 0.6 is 0 Å². The average molecular weight is 390 g/mol. The zero-order chi connectivity index (χ0) is 20.5. The molecule has 2 aromatic rings. The summed E-state index contributed by atoms with van der Waals surface area (Å²) in [6, 6.07) is 11.7. The predicted molar refractivity (Wildman–Crippen MR) is 111 cm³/mol. The molecule has 2 saturated carbocycles. The summed E-state index contributed by atoms with van der Waals surface area (Å²) in [5, 5.41) is 12.8. The molecule has 0 unspecified atom stereocenters. The van der Waals surface area contributed by atoms with Crippen molar-refractivity contribution in [2.24, 2.45) is 23.7 Å². The third-order valence-corrected chi connectivity index (χ3v) is 6.39. The molecule has 2 bridgehead atoms. The molecule has 1 aromatic carbocycles. The summed E-state index contributed by atoms with van der Waals surface area (Å²) in [5.74, 6) is -2.09. The monoisotopic (exact) mass is 390 g/mol. The van der Waals surface area contributed by atoms with Gasteiger partial charge in [-0.3, -0.25) is 14.6 Å². The Labute approximate surface area is 170 Å². The second-order valence-corrected chi connectivity index (χ2v) is 8.35. The van der Waals surface area contributed by atoms with Crippen LogP contribution in [0.2, 0.25) is 0 Å². The molecule has 2 N–H and O–H groups in total. The van der Waals surface area contributed by atoms with Crippen LogP contribution in [0.4, 0.5) is 5.69 Å². The number of rotatable bonds is 5. The number of aromatic nitrogens is 1. The molecule has 0 spiro atoms. The molecule has 5 nitrogen and oxygen atoms in total. The van der Waals surface area contributed by atoms with Gasteiger partial charge in [-0.05, 0) is 80.3 Å². The van der Waals surface area contributed by atoms with E-state index < -0.39 is 17.8 Å². The summed E-state index contributed by atoms with van der Waals surface area (Å²) in [7, 11) is 0. The number of carboxylic acid groups (broad SMARTS) is 1. The van der Waals surface area contributed by atoms with Crippen LogP contribution in [0.1, 0.15) is 37.8 Å². The molecule has 2 fully saturated rings. The highest BCUT2D eigenvalue weighted by Gasteiger charge is 2.57. The Morgan fingerprint density at radius 3 is 2.14 bits per heavy atom. The van der Waals surface area contributed by atoms with Gasteiger partial charge >= 0.3 is 5.97 Å². The van der Waals surface area contributed by atoms with Crippen LogP contribution in [0.3, 0.4) is 0 Å². The van der Waals surface area contributed by atoms with Crippen LogP contribution in [-0.4, -0.2) is 22.0 Å². The molecule has 4 rings (SSSR count). The van der Waals surface area contributed by atoms with E-state index in [1.807, 2.05) is 50.2 Å². The maximum Gasteiger partial charge on any atom is 0.307 e. The molecule has 0 radical (unpaired) electrons. The van der Waals surface area contributed by atoms with Gasteiger partial charge in [0.15, 0.2) is 0 Å². The van der Waals surface area contributed by atoms with E-state index in [9.17, 15) is 14.7 Å². The lowest BCUT2D eigenvalue weighted by Crippen LogP contribution is -2.37. The minimum Gasteiger partial charge on any atom is -0.481 e. The number of carboxylic acids is 1. The van der Waals surface area contributed by atoms with Crippen molar-refractivity contribution in [1.82, 2.24) is 4.98 Å². The van der Waals surface area contributed by atoms with Gasteiger partial charge in [0, 0.05) is 18.1 Å². The summed E-state index contributed by atoms with van der Waals surface area (Å²) in [5.41, 5.74) is 5.39. The molecule has 2 aliphatic carbocycles.